The standard InChI is InChI=1S/C21H23FN2O4/c1-27-21(26)24-11-9-18(10-12-24)23-20(25)16-3-2-4-19(13-16)28-14-15-5-7-17(22)8-6-15/h2-8,13,18H,9-12,14H2,1H3,(H,23,25). The summed E-state index contributed by atoms with van der Waals surface area (Å²) in [6.07, 6.45) is 1.03. The van der Waals surface area contributed by atoms with Crippen LogP contribution in [0.3, 0.4) is 0 Å². The Morgan fingerprint density at radius 1 is 1.14 bits per heavy atom. The van der Waals surface area contributed by atoms with Gasteiger partial charge < -0.3 is 19.7 Å². The summed E-state index contributed by atoms with van der Waals surface area (Å²) in [7, 11) is 1.36. The van der Waals surface area contributed by atoms with Gasteiger partial charge >= 0.3 is 6.09 Å². The Balaban J connectivity index is 1.52. The van der Waals surface area contributed by atoms with Crippen molar-refractivity contribution in [1.29, 1.82) is 0 Å². The van der Waals surface area contributed by atoms with E-state index in [2.05, 4.69) is 5.32 Å². The van der Waals surface area contributed by atoms with Gasteiger partial charge in [0.15, 0.2) is 0 Å². The van der Waals surface area contributed by atoms with Crippen molar-refractivity contribution >= 4 is 12.0 Å². The third-order valence-corrected chi connectivity index (χ3v) is 4.68. The number of carbonyl (C=O) groups is 2. The number of rotatable bonds is 5. The third-order valence-electron chi connectivity index (χ3n) is 4.68. The summed E-state index contributed by atoms with van der Waals surface area (Å²) in [4.78, 5) is 25.7. The van der Waals surface area contributed by atoms with E-state index in [4.69, 9.17) is 9.47 Å². The number of amides is 2. The van der Waals surface area contributed by atoms with Gasteiger partial charge in [0, 0.05) is 24.7 Å². The molecule has 1 N–H and O–H groups in total. The predicted molar refractivity (Wildman–Crippen MR) is 102 cm³/mol. The summed E-state index contributed by atoms with van der Waals surface area (Å²) in [6.45, 7) is 1.40. The molecule has 0 atom stereocenters. The van der Waals surface area contributed by atoms with Gasteiger partial charge in [0.2, 0.25) is 0 Å². The van der Waals surface area contributed by atoms with Crippen LogP contribution in [-0.4, -0.2) is 43.1 Å². The van der Waals surface area contributed by atoms with Crippen LogP contribution in [0.1, 0.15) is 28.8 Å². The lowest BCUT2D eigenvalue weighted by Crippen LogP contribution is -2.46. The van der Waals surface area contributed by atoms with Crippen LogP contribution in [0.2, 0.25) is 0 Å². The molecule has 3 rings (SSSR count). The Hall–Kier alpha value is -3.09. The molecule has 1 aliphatic heterocycles. The largest absolute Gasteiger partial charge is 0.489 e. The first-order chi connectivity index (χ1) is 13.5. The molecule has 6 nitrogen and oxygen atoms in total. The Morgan fingerprint density at radius 3 is 2.54 bits per heavy atom. The fourth-order valence-corrected chi connectivity index (χ4v) is 3.08. The lowest BCUT2D eigenvalue weighted by molar-refractivity contribution is 0.0891. The second-order valence-electron chi connectivity index (χ2n) is 6.65. The van der Waals surface area contributed by atoms with E-state index in [1.165, 1.54) is 19.2 Å². The number of hydrogen-bond acceptors (Lipinski definition) is 4. The second kappa shape index (κ2) is 9.21. The molecule has 1 aliphatic rings. The molecule has 1 heterocycles. The zero-order valence-corrected chi connectivity index (χ0v) is 15.7. The van der Waals surface area contributed by atoms with Crippen molar-refractivity contribution < 1.29 is 23.5 Å². The average molecular weight is 386 g/mol. The van der Waals surface area contributed by atoms with Crippen LogP contribution in [0.25, 0.3) is 0 Å². The van der Waals surface area contributed by atoms with Crippen molar-refractivity contribution in [2.75, 3.05) is 20.2 Å². The molecular formula is C21H23FN2O4. The normalized spacial score (nSPS) is 14.4. The van der Waals surface area contributed by atoms with Crippen LogP contribution in [0.15, 0.2) is 48.5 Å². The first kappa shape index (κ1) is 19.7. The molecule has 0 radical (unpaired) electrons. The van der Waals surface area contributed by atoms with E-state index in [1.54, 1.807) is 41.3 Å². The Morgan fingerprint density at radius 2 is 1.86 bits per heavy atom. The second-order valence-corrected chi connectivity index (χ2v) is 6.65. The van der Waals surface area contributed by atoms with Gasteiger partial charge in [-0.1, -0.05) is 18.2 Å². The van der Waals surface area contributed by atoms with Crippen molar-refractivity contribution in [2.24, 2.45) is 0 Å². The van der Waals surface area contributed by atoms with Gasteiger partial charge in [-0.2, -0.15) is 0 Å². The smallest absolute Gasteiger partial charge is 0.409 e. The number of hydrogen-bond donors (Lipinski definition) is 1. The zero-order chi connectivity index (χ0) is 19.9. The quantitative estimate of drug-likeness (QED) is 0.856. The molecule has 1 fully saturated rings. The Labute approximate surface area is 163 Å². The number of nitrogens with zero attached hydrogens (tertiary/aromatic N) is 1. The number of nitrogens with one attached hydrogen (secondary N) is 1. The maximum Gasteiger partial charge on any atom is 0.409 e. The number of ether oxygens (including phenoxy) is 2. The van der Waals surface area contributed by atoms with E-state index in [-0.39, 0.29) is 30.5 Å². The molecule has 0 aliphatic carbocycles. The van der Waals surface area contributed by atoms with Crippen LogP contribution in [0.4, 0.5) is 9.18 Å². The van der Waals surface area contributed by atoms with Crippen LogP contribution >= 0.6 is 0 Å². The van der Waals surface area contributed by atoms with Gasteiger partial charge in [-0.15, -0.1) is 0 Å². The van der Waals surface area contributed by atoms with Crippen molar-refractivity contribution in [1.82, 2.24) is 10.2 Å². The Kier molecular flexibility index (Phi) is 6.47. The van der Waals surface area contributed by atoms with Gasteiger partial charge in [-0.25, -0.2) is 9.18 Å². The molecule has 1 saturated heterocycles. The van der Waals surface area contributed by atoms with E-state index in [9.17, 15) is 14.0 Å². The molecule has 148 valence electrons. The Bertz CT molecular complexity index is 817. The molecule has 28 heavy (non-hydrogen) atoms. The highest BCUT2D eigenvalue weighted by Gasteiger charge is 2.24. The molecule has 0 saturated carbocycles. The highest BCUT2D eigenvalue weighted by Crippen LogP contribution is 2.17. The summed E-state index contributed by atoms with van der Waals surface area (Å²) in [6, 6.07) is 13.0. The minimum absolute atomic E-state index is 0.0113. The van der Waals surface area contributed by atoms with Gasteiger partial charge in [0.1, 0.15) is 18.2 Å². The number of carbonyl (C=O) groups excluding carboxylic acids is 2. The molecule has 0 unspecified atom stereocenters. The minimum atomic E-state index is -0.337. The summed E-state index contributed by atoms with van der Waals surface area (Å²) in [5.41, 5.74) is 1.35. The SMILES string of the molecule is COC(=O)N1CCC(NC(=O)c2cccc(OCc3ccc(F)cc3)c2)CC1. The summed E-state index contributed by atoms with van der Waals surface area (Å²) < 4.78 is 23.4. The molecule has 0 spiro atoms. The maximum atomic E-state index is 13.0. The van der Waals surface area contributed by atoms with E-state index in [0.717, 1.165) is 5.56 Å². The van der Waals surface area contributed by atoms with E-state index in [1.807, 2.05) is 0 Å². The fourth-order valence-electron chi connectivity index (χ4n) is 3.08. The molecule has 0 aromatic heterocycles. The monoisotopic (exact) mass is 386 g/mol. The van der Waals surface area contributed by atoms with Crippen molar-refractivity contribution in [3.05, 3.63) is 65.5 Å². The lowest BCUT2D eigenvalue weighted by Gasteiger charge is -2.31. The molecule has 2 aromatic carbocycles. The number of methoxy groups -OCH3 is 1. The fraction of sp³-hybridized carbons (Fsp3) is 0.333. The van der Waals surface area contributed by atoms with Crippen molar-refractivity contribution in [2.45, 2.75) is 25.5 Å². The molecule has 2 amide bonds. The van der Waals surface area contributed by atoms with Crippen molar-refractivity contribution in [3.63, 3.8) is 0 Å². The van der Waals surface area contributed by atoms with Crippen LogP contribution < -0.4 is 10.1 Å². The minimum Gasteiger partial charge on any atom is -0.489 e. The molecule has 0 bridgehead atoms. The van der Waals surface area contributed by atoms with Gasteiger partial charge in [0.05, 0.1) is 7.11 Å². The summed E-state index contributed by atoms with van der Waals surface area (Å²) in [5.74, 6) is 0.0982. The van der Waals surface area contributed by atoms with Crippen LogP contribution in [-0.2, 0) is 11.3 Å². The van der Waals surface area contributed by atoms with E-state index >= 15 is 0 Å². The highest BCUT2D eigenvalue weighted by atomic mass is 19.1. The van der Waals surface area contributed by atoms with Gasteiger partial charge in [-0.3, -0.25) is 4.79 Å². The van der Waals surface area contributed by atoms with Crippen LogP contribution in [0.5, 0.6) is 5.75 Å². The van der Waals surface area contributed by atoms with Gasteiger partial charge in [-0.05, 0) is 48.7 Å². The summed E-state index contributed by atoms with van der Waals surface area (Å²) in [5, 5.41) is 3.00. The van der Waals surface area contributed by atoms with Gasteiger partial charge in [0.25, 0.3) is 5.91 Å². The first-order valence-corrected chi connectivity index (χ1v) is 9.16. The highest BCUT2D eigenvalue weighted by molar-refractivity contribution is 5.94. The lowest BCUT2D eigenvalue weighted by atomic mass is 10.0. The number of benzene rings is 2. The van der Waals surface area contributed by atoms with E-state index in [0.29, 0.717) is 37.2 Å². The number of halogens is 1. The maximum absolute atomic E-state index is 13.0. The number of likely N-dealkylation sites (tertiary alicyclic amines) is 1. The molecule has 2 aromatic rings. The van der Waals surface area contributed by atoms with Crippen molar-refractivity contribution in [3.8, 4) is 5.75 Å². The molecular weight excluding hydrogens is 363 g/mol. The first-order valence-electron chi connectivity index (χ1n) is 9.16. The average Bonchev–Trinajstić information content (AvgIpc) is 2.73. The zero-order valence-electron chi connectivity index (χ0n) is 15.7. The predicted octanol–water partition coefficient (Wildman–Crippen LogP) is 3.37. The third kappa shape index (κ3) is 5.22. The van der Waals surface area contributed by atoms with E-state index < -0.39 is 0 Å². The topological polar surface area (TPSA) is 67.9 Å². The number of piperidine rings is 1. The summed E-state index contributed by atoms with van der Waals surface area (Å²) >= 11 is 0. The van der Waals surface area contributed by atoms with Crippen LogP contribution in [0, 0.1) is 5.82 Å². The molecule has 7 heteroatoms.